The van der Waals surface area contributed by atoms with Crippen LogP contribution in [0.15, 0.2) is 56.7 Å². The average Bonchev–Trinajstić information content (AvgIpc) is 2.64. The molecule has 5 nitrogen and oxygen atoms in total. The van der Waals surface area contributed by atoms with Gasteiger partial charge in [0.15, 0.2) is 0 Å². The maximum Gasteiger partial charge on any atom is 0.344 e. The van der Waals surface area contributed by atoms with Gasteiger partial charge >= 0.3 is 5.63 Å². The molecule has 2 aromatic carbocycles. The Kier molecular flexibility index (Phi) is 5.01. The molecule has 26 heavy (non-hydrogen) atoms. The van der Waals surface area contributed by atoms with Crippen LogP contribution in [-0.4, -0.2) is 19.2 Å². The van der Waals surface area contributed by atoms with Gasteiger partial charge < -0.3 is 9.32 Å². The van der Waals surface area contributed by atoms with Crippen LogP contribution in [0.4, 0.5) is 11.4 Å². The van der Waals surface area contributed by atoms with Gasteiger partial charge in [0.1, 0.15) is 5.58 Å². The lowest BCUT2D eigenvalue weighted by atomic mass is 9.99. The smallest absolute Gasteiger partial charge is 0.344 e. The second kappa shape index (κ2) is 7.38. The second-order valence-electron chi connectivity index (χ2n) is 5.99. The summed E-state index contributed by atoms with van der Waals surface area (Å²) in [5, 5.41) is 0.908. The molecule has 0 aliphatic rings. The lowest BCUT2D eigenvalue weighted by molar-refractivity contribution is 0.562. The van der Waals surface area contributed by atoms with E-state index in [9.17, 15) is 9.59 Å². The molecule has 0 aliphatic carbocycles. The highest BCUT2D eigenvalue weighted by atomic mass is 16.4. The number of hydrogen-bond acceptors (Lipinski definition) is 5. The summed E-state index contributed by atoms with van der Waals surface area (Å²) in [4.78, 5) is 28.7. The van der Waals surface area contributed by atoms with E-state index in [4.69, 9.17) is 4.42 Å². The molecule has 0 atom stereocenters. The van der Waals surface area contributed by atoms with Crippen molar-refractivity contribution in [3.63, 3.8) is 0 Å². The quantitative estimate of drug-likeness (QED) is 0.384. The minimum absolute atomic E-state index is 0.377. The molecule has 0 unspecified atom stereocenters. The standard InChI is InChI=1S/C21H20N2O3/c1-4-23(5-2)17-10-11-18-14(3)20(21(25)26-19(18)12-17)15-6-8-16(9-7-15)22-13-24/h6-12H,4-5H2,1-3H3. The Morgan fingerprint density at radius 3 is 2.38 bits per heavy atom. The van der Waals surface area contributed by atoms with Crippen LogP contribution in [0.25, 0.3) is 22.1 Å². The molecule has 0 bridgehead atoms. The lowest BCUT2D eigenvalue weighted by Gasteiger charge is -2.21. The fraction of sp³-hybridized carbons (Fsp3) is 0.238. The molecule has 132 valence electrons. The number of carbonyl (C=O) groups excluding carboxylic acids is 1. The number of hydrogen-bond donors (Lipinski definition) is 0. The summed E-state index contributed by atoms with van der Waals surface area (Å²) in [6.45, 7) is 7.88. The third-order valence-electron chi connectivity index (χ3n) is 4.61. The van der Waals surface area contributed by atoms with E-state index in [1.165, 1.54) is 6.08 Å². The highest BCUT2D eigenvalue weighted by Crippen LogP contribution is 2.30. The summed E-state index contributed by atoms with van der Waals surface area (Å²) in [5.41, 5.74) is 3.87. The van der Waals surface area contributed by atoms with Crippen LogP contribution in [0.1, 0.15) is 19.4 Å². The van der Waals surface area contributed by atoms with Gasteiger partial charge in [0.25, 0.3) is 0 Å². The molecule has 0 N–H and O–H groups in total. The monoisotopic (exact) mass is 348 g/mol. The van der Waals surface area contributed by atoms with Gasteiger partial charge in [-0.15, -0.1) is 0 Å². The lowest BCUT2D eigenvalue weighted by Crippen LogP contribution is -2.21. The molecule has 0 saturated heterocycles. The Bertz CT molecular complexity index is 1040. The maximum absolute atomic E-state index is 12.6. The number of aryl methyl sites for hydroxylation is 1. The topological polar surface area (TPSA) is 62.9 Å². The Morgan fingerprint density at radius 2 is 1.77 bits per heavy atom. The number of fused-ring (bicyclic) bond motifs is 1. The van der Waals surface area contributed by atoms with Crippen molar-refractivity contribution >= 4 is 28.4 Å². The zero-order chi connectivity index (χ0) is 18.7. The van der Waals surface area contributed by atoms with Crippen molar-refractivity contribution < 1.29 is 9.21 Å². The second-order valence-corrected chi connectivity index (χ2v) is 5.99. The van der Waals surface area contributed by atoms with Crippen LogP contribution in [0, 0.1) is 6.92 Å². The first-order chi connectivity index (χ1) is 12.6. The molecule has 1 heterocycles. The third kappa shape index (κ3) is 3.17. The normalized spacial score (nSPS) is 10.6. The molecule has 1 aromatic heterocycles. The first-order valence-corrected chi connectivity index (χ1v) is 8.59. The minimum atomic E-state index is -0.377. The zero-order valence-corrected chi connectivity index (χ0v) is 15.1. The van der Waals surface area contributed by atoms with E-state index in [-0.39, 0.29) is 5.63 Å². The SMILES string of the molecule is CCN(CC)c1ccc2c(C)c(-c3ccc(N=C=O)cc3)c(=O)oc2c1. The number of nitrogens with zero attached hydrogens (tertiary/aromatic N) is 2. The van der Waals surface area contributed by atoms with Gasteiger partial charge in [0.2, 0.25) is 6.08 Å². The van der Waals surface area contributed by atoms with Crippen LogP contribution in [0.3, 0.4) is 0 Å². The highest BCUT2D eigenvalue weighted by Gasteiger charge is 2.14. The number of anilines is 1. The molecule has 0 spiro atoms. The number of isocyanates is 1. The van der Waals surface area contributed by atoms with E-state index in [2.05, 4.69) is 23.7 Å². The van der Waals surface area contributed by atoms with Crippen LogP contribution in [0.2, 0.25) is 0 Å². The fourth-order valence-electron chi connectivity index (χ4n) is 3.22. The zero-order valence-electron chi connectivity index (χ0n) is 15.1. The minimum Gasteiger partial charge on any atom is -0.422 e. The molecule has 3 rings (SSSR count). The van der Waals surface area contributed by atoms with E-state index >= 15 is 0 Å². The van der Waals surface area contributed by atoms with Crippen LogP contribution in [-0.2, 0) is 4.79 Å². The molecule has 0 fully saturated rings. The third-order valence-corrected chi connectivity index (χ3v) is 4.61. The molecule has 5 heteroatoms. The Morgan fingerprint density at radius 1 is 1.08 bits per heavy atom. The summed E-state index contributed by atoms with van der Waals surface area (Å²) >= 11 is 0. The first-order valence-electron chi connectivity index (χ1n) is 8.59. The van der Waals surface area contributed by atoms with Crippen LogP contribution < -0.4 is 10.5 Å². The molecular weight excluding hydrogens is 328 g/mol. The van der Waals surface area contributed by atoms with Crippen molar-refractivity contribution in [2.45, 2.75) is 20.8 Å². The van der Waals surface area contributed by atoms with Gasteiger partial charge in [-0.2, -0.15) is 4.99 Å². The van der Waals surface area contributed by atoms with Gasteiger partial charge in [-0.1, -0.05) is 12.1 Å². The average molecular weight is 348 g/mol. The highest BCUT2D eigenvalue weighted by molar-refractivity contribution is 5.88. The molecule has 0 aliphatic heterocycles. The van der Waals surface area contributed by atoms with Gasteiger partial charge in [-0.05, 0) is 56.2 Å². The largest absolute Gasteiger partial charge is 0.422 e. The molecule has 0 radical (unpaired) electrons. The predicted octanol–water partition coefficient (Wildman–Crippen LogP) is 4.58. The summed E-state index contributed by atoms with van der Waals surface area (Å²) in [7, 11) is 0. The van der Waals surface area contributed by atoms with Crippen molar-refractivity contribution in [2.24, 2.45) is 4.99 Å². The predicted molar refractivity (Wildman–Crippen MR) is 104 cm³/mol. The molecular formula is C21H20N2O3. The number of aliphatic imine (C=N–C) groups is 1. The molecule has 3 aromatic rings. The van der Waals surface area contributed by atoms with Crippen molar-refractivity contribution in [1.29, 1.82) is 0 Å². The molecule has 0 saturated carbocycles. The van der Waals surface area contributed by atoms with Crippen molar-refractivity contribution in [3.05, 3.63) is 58.4 Å². The summed E-state index contributed by atoms with van der Waals surface area (Å²) < 4.78 is 5.62. The van der Waals surface area contributed by atoms with E-state index < -0.39 is 0 Å². The van der Waals surface area contributed by atoms with Crippen LogP contribution in [0.5, 0.6) is 0 Å². The van der Waals surface area contributed by atoms with Gasteiger partial charge in [-0.3, -0.25) is 0 Å². The van der Waals surface area contributed by atoms with E-state index in [1.807, 2.05) is 25.1 Å². The number of benzene rings is 2. The summed E-state index contributed by atoms with van der Waals surface area (Å²) in [6, 6.07) is 12.8. The van der Waals surface area contributed by atoms with E-state index in [1.54, 1.807) is 24.3 Å². The van der Waals surface area contributed by atoms with Gasteiger partial charge in [0.05, 0.1) is 11.3 Å². The van der Waals surface area contributed by atoms with Crippen molar-refractivity contribution in [1.82, 2.24) is 0 Å². The van der Waals surface area contributed by atoms with E-state index in [0.717, 1.165) is 35.3 Å². The summed E-state index contributed by atoms with van der Waals surface area (Å²) in [6.07, 6.45) is 1.50. The summed E-state index contributed by atoms with van der Waals surface area (Å²) in [5.74, 6) is 0. The molecule has 0 amide bonds. The van der Waals surface area contributed by atoms with Crippen molar-refractivity contribution in [3.8, 4) is 11.1 Å². The Labute approximate surface area is 151 Å². The Balaban J connectivity index is 2.14. The fourth-order valence-corrected chi connectivity index (χ4v) is 3.22. The van der Waals surface area contributed by atoms with Crippen molar-refractivity contribution in [2.75, 3.05) is 18.0 Å². The first kappa shape index (κ1) is 17.6. The van der Waals surface area contributed by atoms with Gasteiger partial charge in [0, 0.05) is 30.2 Å². The van der Waals surface area contributed by atoms with Gasteiger partial charge in [-0.25, -0.2) is 9.59 Å². The maximum atomic E-state index is 12.6. The van der Waals surface area contributed by atoms with E-state index in [0.29, 0.717) is 16.8 Å². The number of rotatable bonds is 5. The Hall–Kier alpha value is -3.17. The van der Waals surface area contributed by atoms with Crippen LogP contribution >= 0.6 is 0 Å².